The van der Waals surface area contributed by atoms with Crippen LogP contribution in [0.25, 0.3) is 11.4 Å². The van der Waals surface area contributed by atoms with Crippen molar-refractivity contribution < 1.29 is 9.90 Å². The second-order valence-corrected chi connectivity index (χ2v) is 3.75. The van der Waals surface area contributed by atoms with Crippen LogP contribution in [-0.4, -0.2) is 26.3 Å². The summed E-state index contributed by atoms with van der Waals surface area (Å²) in [5.74, 6) is -1.04. The average Bonchev–Trinajstić information content (AvgIpc) is 2.68. The summed E-state index contributed by atoms with van der Waals surface area (Å²) >= 11 is 3.26. The molecule has 2 aromatic heterocycles. The molecule has 0 aliphatic heterocycles. The first kappa shape index (κ1) is 9.85. The van der Waals surface area contributed by atoms with Crippen LogP contribution < -0.4 is 0 Å². The summed E-state index contributed by atoms with van der Waals surface area (Å²) in [6.45, 7) is 0. The number of nitrogens with zero attached hydrogens (tertiary/aromatic N) is 2. The van der Waals surface area contributed by atoms with Crippen molar-refractivity contribution in [3.63, 3.8) is 0 Å². The molecule has 0 saturated carbocycles. The quantitative estimate of drug-likeness (QED) is 0.872. The van der Waals surface area contributed by atoms with Gasteiger partial charge in [0.2, 0.25) is 0 Å². The summed E-state index contributed by atoms with van der Waals surface area (Å²) < 4.78 is 0.861. The van der Waals surface area contributed by atoms with Gasteiger partial charge in [-0.2, -0.15) is 5.10 Å². The molecular formula is C9H6BrN3O2. The molecule has 0 amide bonds. The zero-order valence-electron chi connectivity index (χ0n) is 7.44. The van der Waals surface area contributed by atoms with E-state index in [1.165, 1.54) is 6.07 Å². The molecule has 0 radical (unpaired) electrons. The highest BCUT2D eigenvalue weighted by Gasteiger charge is 2.09. The number of nitrogens with one attached hydrogen (secondary N) is 1. The molecule has 0 fully saturated rings. The van der Waals surface area contributed by atoms with Crippen LogP contribution in [0.5, 0.6) is 0 Å². The lowest BCUT2D eigenvalue weighted by atomic mass is 10.2. The lowest BCUT2D eigenvalue weighted by molar-refractivity contribution is 0.0690. The van der Waals surface area contributed by atoms with Crippen molar-refractivity contribution in [2.24, 2.45) is 0 Å². The maximum Gasteiger partial charge on any atom is 0.353 e. The van der Waals surface area contributed by atoms with Crippen LogP contribution in [0.1, 0.15) is 10.5 Å². The van der Waals surface area contributed by atoms with Crippen molar-refractivity contribution in [1.82, 2.24) is 15.2 Å². The number of aromatic amines is 1. The van der Waals surface area contributed by atoms with E-state index in [1.54, 1.807) is 12.3 Å². The van der Waals surface area contributed by atoms with Crippen LogP contribution in [0.4, 0.5) is 0 Å². The van der Waals surface area contributed by atoms with Crippen molar-refractivity contribution in [3.05, 3.63) is 34.6 Å². The Morgan fingerprint density at radius 3 is 2.73 bits per heavy atom. The largest absolute Gasteiger partial charge is 0.477 e. The van der Waals surface area contributed by atoms with Gasteiger partial charge >= 0.3 is 5.97 Å². The molecule has 0 bridgehead atoms. The van der Waals surface area contributed by atoms with Gasteiger partial charge in [0.15, 0.2) is 0 Å². The van der Waals surface area contributed by atoms with E-state index < -0.39 is 5.97 Å². The first-order valence-corrected chi connectivity index (χ1v) is 4.87. The summed E-state index contributed by atoms with van der Waals surface area (Å²) in [4.78, 5) is 14.7. The number of aromatic carboxylic acids is 1. The van der Waals surface area contributed by atoms with E-state index in [-0.39, 0.29) is 5.69 Å². The molecule has 2 aromatic rings. The average molecular weight is 268 g/mol. The smallest absolute Gasteiger partial charge is 0.353 e. The SMILES string of the molecule is O=C(O)c1cc(-c2ccc(Br)cn2)n[nH]1. The van der Waals surface area contributed by atoms with Gasteiger partial charge in [-0.3, -0.25) is 10.1 Å². The Balaban J connectivity index is 2.37. The van der Waals surface area contributed by atoms with Crippen LogP contribution in [0.3, 0.4) is 0 Å². The fourth-order valence-electron chi connectivity index (χ4n) is 1.09. The fourth-order valence-corrected chi connectivity index (χ4v) is 1.32. The Bertz CT molecular complexity index is 492. The second-order valence-electron chi connectivity index (χ2n) is 2.83. The van der Waals surface area contributed by atoms with E-state index in [0.29, 0.717) is 11.4 Å². The van der Waals surface area contributed by atoms with Crippen molar-refractivity contribution in [2.75, 3.05) is 0 Å². The van der Waals surface area contributed by atoms with Crippen LogP contribution in [0.15, 0.2) is 28.9 Å². The molecule has 0 atom stereocenters. The van der Waals surface area contributed by atoms with Crippen LogP contribution >= 0.6 is 15.9 Å². The number of hydrogen-bond donors (Lipinski definition) is 2. The van der Waals surface area contributed by atoms with E-state index in [0.717, 1.165) is 4.47 Å². The summed E-state index contributed by atoms with van der Waals surface area (Å²) in [6, 6.07) is 5.02. The number of H-pyrrole nitrogens is 1. The van der Waals surface area contributed by atoms with E-state index in [9.17, 15) is 4.79 Å². The molecule has 5 nitrogen and oxygen atoms in total. The molecule has 76 valence electrons. The van der Waals surface area contributed by atoms with Gasteiger partial charge in [-0.1, -0.05) is 0 Å². The monoisotopic (exact) mass is 267 g/mol. The van der Waals surface area contributed by atoms with Gasteiger partial charge in [0.1, 0.15) is 11.4 Å². The number of hydrogen-bond acceptors (Lipinski definition) is 3. The third kappa shape index (κ3) is 2.04. The number of pyridine rings is 1. The molecule has 2 heterocycles. The van der Waals surface area contributed by atoms with Crippen molar-refractivity contribution in [1.29, 1.82) is 0 Å². The molecule has 2 rings (SSSR count). The summed E-state index contributed by atoms with van der Waals surface area (Å²) in [5.41, 5.74) is 1.19. The Morgan fingerprint density at radius 1 is 1.40 bits per heavy atom. The minimum atomic E-state index is -1.04. The van der Waals surface area contributed by atoms with Crippen molar-refractivity contribution >= 4 is 21.9 Å². The summed E-state index contributed by atoms with van der Waals surface area (Å²) in [7, 11) is 0. The molecular weight excluding hydrogens is 262 g/mol. The Morgan fingerprint density at radius 2 is 2.20 bits per heavy atom. The highest BCUT2D eigenvalue weighted by molar-refractivity contribution is 9.10. The topological polar surface area (TPSA) is 78.9 Å². The van der Waals surface area contributed by atoms with Gasteiger partial charge in [0, 0.05) is 16.7 Å². The Hall–Kier alpha value is -1.69. The summed E-state index contributed by atoms with van der Waals surface area (Å²) in [5, 5.41) is 15.0. The molecule has 6 heteroatoms. The zero-order chi connectivity index (χ0) is 10.8. The van der Waals surface area contributed by atoms with Crippen molar-refractivity contribution in [3.8, 4) is 11.4 Å². The highest BCUT2D eigenvalue weighted by Crippen LogP contribution is 2.17. The maximum absolute atomic E-state index is 10.6. The van der Waals surface area contributed by atoms with Gasteiger partial charge in [-0.25, -0.2) is 4.79 Å². The van der Waals surface area contributed by atoms with Crippen LogP contribution in [0.2, 0.25) is 0 Å². The number of rotatable bonds is 2. The molecule has 0 aromatic carbocycles. The highest BCUT2D eigenvalue weighted by atomic mass is 79.9. The predicted octanol–water partition coefficient (Wildman–Crippen LogP) is 1.93. The third-order valence-corrected chi connectivity index (χ3v) is 2.27. The normalized spacial score (nSPS) is 10.2. The number of halogens is 1. The number of aromatic nitrogens is 3. The fraction of sp³-hybridized carbons (Fsp3) is 0. The minimum absolute atomic E-state index is 0.0507. The van der Waals surface area contributed by atoms with Crippen LogP contribution in [0, 0.1) is 0 Å². The predicted molar refractivity (Wildman–Crippen MR) is 56.5 cm³/mol. The van der Waals surface area contributed by atoms with E-state index in [1.807, 2.05) is 6.07 Å². The molecule has 0 aliphatic rings. The van der Waals surface area contributed by atoms with Crippen LogP contribution in [-0.2, 0) is 0 Å². The molecule has 0 spiro atoms. The lowest BCUT2D eigenvalue weighted by Crippen LogP contribution is -1.95. The number of carbonyl (C=O) groups is 1. The molecule has 0 saturated heterocycles. The number of carboxylic acids is 1. The second kappa shape index (κ2) is 3.82. The zero-order valence-corrected chi connectivity index (χ0v) is 9.02. The van der Waals surface area contributed by atoms with Gasteiger partial charge < -0.3 is 5.11 Å². The van der Waals surface area contributed by atoms with Gasteiger partial charge in [-0.15, -0.1) is 0 Å². The van der Waals surface area contributed by atoms with Crippen molar-refractivity contribution in [2.45, 2.75) is 0 Å². The van der Waals surface area contributed by atoms with Gasteiger partial charge in [-0.05, 0) is 28.1 Å². The Labute approximate surface area is 93.3 Å². The molecule has 0 unspecified atom stereocenters. The van der Waals surface area contributed by atoms with Gasteiger partial charge in [0.05, 0.1) is 5.69 Å². The summed E-state index contributed by atoms with van der Waals surface area (Å²) in [6.07, 6.45) is 1.63. The first-order chi connectivity index (χ1) is 7.16. The molecule has 2 N–H and O–H groups in total. The Kier molecular flexibility index (Phi) is 2.51. The van der Waals surface area contributed by atoms with E-state index >= 15 is 0 Å². The van der Waals surface area contributed by atoms with Gasteiger partial charge in [0.25, 0.3) is 0 Å². The first-order valence-electron chi connectivity index (χ1n) is 4.07. The maximum atomic E-state index is 10.6. The molecule has 0 aliphatic carbocycles. The molecule has 15 heavy (non-hydrogen) atoms. The van der Waals surface area contributed by atoms with E-state index in [2.05, 4.69) is 31.1 Å². The van der Waals surface area contributed by atoms with E-state index in [4.69, 9.17) is 5.11 Å². The standard InChI is InChI=1S/C9H6BrN3O2/c10-5-1-2-6(11-4-5)7-3-8(9(14)15)13-12-7/h1-4H,(H,12,13)(H,14,15). The number of carboxylic acid groups (broad SMARTS) is 1. The minimum Gasteiger partial charge on any atom is -0.477 e. The third-order valence-electron chi connectivity index (χ3n) is 1.80. The lowest BCUT2D eigenvalue weighted by Gasteiger charge is -1.93.